The monoisotopic (exact) mass is 108 g/mol. The summed E-state index contributed by atoms with van der Waals surface area (Å²) in [6.07, 6.45) is 0. The highest BCUT2D eigenvalue weighted by Crippen LogP contribution is 1.82. The van der Waals surface area contributed by atoms with Gasteiger partial charge in [0.2, 0.25) is 0 Å². The lowest BCUT2D eigenvalue weighted by molar-refractivity contribution is -0.488. The molecular weight excluding hydrogens is 102 g/mol. The van der Waals surface area contributed by atoms with Crippen molar-refractivity contribution in [3.63, 3.8) is 0 Å². The molecule has 0 amide bonds. The largest absolute Gasteiger partial charge is 0.736 e. The van der Waals surface area contributed by atoms with Gasteiger partial charge in [-0.3, -0.25) is 4.84 Å². The fourth-order valence-corrected chi connectivity index (χ4v) is 0.0913. The molecule has 0 unspecified atom stereocenters. The van der Waals surface area contributed by atoms with Crippen molar-refractivity contribution in [2.75, 3.05) is 14.2 Å². The van der Waals surface area contributed by atoms with Crippen molar-refractivity contribution >= 4 is 0 Å². The van der Waals surface area contributed by atoms with Gasteiger partial charge in [-0.25, -0.2) is 4.89 Å². The molecule has 0 aliphatic heterocycles. The Bertz CT molecular complexity index is 40.7. The maximum Gasteiger partial charge on any atom is 0.0733 e. The Kier molecular flexibility index (Phi) is 3.86. The first kappa shape index (κ1) is 6.80. The summed E-state index contributed by atoms with van der Waals surface area (Å²) >= 11 is 0. The van der Waals surface area contributed by atoms with Gasteiger partial charge in [0.25, 0.3) is 0 Å². The van der Waals surface area contributed by atoms with E-state index >= 15 is 0 Å². The summed E-state index contributed by atoms with van der Waals surface area (Å²) in [4.78, 5) is 11.6. The Balaban J connectivity index is 2.83. The number of rotatable bonds is 3. The molecule has 0 spiro atoms. The number of hydrogen-bond acceptors (Lipinski definition) is 5. The molecule has 0 aromatic rings. The third-order valence-electron chi connectivity index (χ3n) is 0.284. The highest BCUT2D eigenvalue weighted by molar-refractivity contribution is 4.08. The Morgan fingerprint density at radius 3 is 2.14 bits per heavy atom. The molecule has 5 nitrogen and oxygen atoms in total. The predicted octanol–water partition coefficient (Wildman–Crippen LogP) is -0.159. The molecule has 0 aromatic carbocycles. The minimum absolute atomic E-state index is 0.167. The molecule has 0 saturated carbocycles. The average molecular weight is 108 g/mol. The van der Waals surface area contributed by atoms with Crippen LogP contribution in [-0.4, -0.2) is 19.6 Å². The van der Waals surface area contributed by atoms with E-state index in [2.05, 4.69) is 14.7 Å². The third-order valence-corrected chi connectivity index (χ3v) is 0.284. The summed E-state index contributed by atoms with van der Waals surface area (Å²) in [7, 11) is 2.36. The van der Waals surface area contributed by atoms with E-state index in [1.165, 1.54) is 7.11 Å². The third kappa shape index (κ3) is 3.64. The molecule has 7 heavy (non-hydrogen) atoms. The van der Waals surface area contributed by atoms with E-state index in [9.17, 15) is 5.21 Å². The summed E-state index contributed by atoms with van der Waals surface area (Å²) in [6, 6.07) is 0. The Labute approximate surface area is 40.8 Å². The Morgan fingerprint density at radius 1 is 1.43 bits per heavy atom. The molecule has 0 rings (SSSR count). The lowest BCUT2D eigenvalue weighted by atomic mass is 11.7. The van der Waals surface area contributed by atoms with E-state index < -0.39 is 0 Å². The van der Waals surface area contributed by atoms with E-state index in [-0.39, 0.29) is 5.39 Å². The second-order valence-corrected chi connectivity index (χ2v) is 0.647. The smallest absolute Gasteiger partial charge is 0.0733 e. The molecule has 0 N–H and O–H groups in total. The van der Waals surface area contributed by atoms with Crippen LogP contribution in [0.25, 0.3) is 0 Å². The van der Waals surface area contributed by atoms with Crippen LogP contribution in [0.15, 0.2) is 0 Å². The zero-order chi connectivity index (χ0) is 5.70. The average Bonchev–Trinajstić information content (AvgIpc) is 1.68. The SMILES string of the molecule is COON([O-])OC. The summed E-state index contributed by atoms with van der Waals surface area (Å²) in [5, 5.41) is 9.59. The molecule has 0 radical (unpaired) electrons. The van der Waals surface area contributed by atoms with Gasteiger partial charge in [0, 0.05) is 0 Å². The first-order valence-corrected chi connectivity index (χ1v) is 1.53. The maximum absolute atomic E-state index is 9.76. The van der Waals surface area contributed by atoms with Gasteiger partial charge in [0.05, 0.1) is 14.2 Å². The van der Waals surface area contributed by atoms with Crippen molar-refractivity contribution in [1.82, 2.24) is 5.39 Å². The molecule has 0 aliphatic carbocycles. The van der Waals surface area contributed by atoms with Gasteiger partial charge in [-0.2, -0.15) is 0 Å². The standard InChI is InChI=1S/C2H6NO4/c1-5-3(4)7-6-2/h1-2H3/q-1. The topological polar surface area (TPSA) is 54.0 Å². The van der Waals surface area contributed by atoms with E-state index in [1.54, 1.807) is 0 Å². The zero-order valence-corrected chi connectivity index (χ0v) is 4.08. The van der Waals surface area contributed by atoms with E-state index in [0.29, 0.717) is 0 Å². The molecule has 44 valence electrons. The molecule has 0 fully saturated rings. The predicted molar refractivity (Wildman–Crippen MR) is 20.3 cm³/mol. The second kappa shape index (κ2) is 3.97. The van der Waals surface area contributed by atoms with Gasteiger partial charge in [-0.1, -0.05) is 5.39 Å². The van der Waals surface area contributed by atoms with Gasteiger partial charge < -0.3 is 5.21 Å². The fourth-order valence-electron chi connectivity index (χ4n) is 0.0913. The molecule has 0 saturated heterocycles. The summed E-state index contributed by atoms with van der Waals surface area (Å²) < 4.78 is 0. The van der Waals surface area contributed by atoms with Crippen molar-refractivity contribution in [2.24, 2.45) is 0 Å². The van der Waals surface area contributed by atoms with Crippen LogP contribution < -0.4 is 0 Å². The van der Waals surface area contributed by atoms with Crippen molar-refractivity contribution in [2.45, 2.75) is 0 Å². The minimum Gasteiger partial charge on any atom is -0.736 e. The second-order valence-electron chi connectivity index (χ2n) is 0.647. The molecular formula is C2H6NO4-. The lowest BCUT2D eigenvalue weighted by Gasteiger charge is -2.19. The highest BCUT2D eigenvalue weighted by atomic mass is 17.4. The molecule has 0 aliphatic rings. The van der Waals surface area contributed by atoms with Crippen LogP contribution >= 0.6 is 0 Å². The van der Waals surface area contributed by atoms with Crippen molar-refractivity contribution in [3.05, 3.63) is 5.21 Å². The van der Waals surface area contributed by atoms with Crippen molar-refractivity contribution < 1.29 is 14.7 Å². The molecule has 0 heterocycles. The van der Waals surface area contributed by atoms with Gasteiger partial charge in [0.1, 0.15) is 0 Å². The Hall–Kier alpha value is -0.200. The minimum atomic E-state index is -0.167. The van der Waals surface area contributed by atoms with Crippen molar-refractivity contribution in [1.29, 1.82) is 0 Å². The number of hydrogen-bond donors (Lipinski definition) is 0. The van der Waals surface area contributed by atoms with Crippen LogP contribution in [0.1, 0.15) is 0 Å². The maximum atomic E-state index is 9.76. The number of nitrogens with zero attached hydrogens (tertiary/aromatic N) is 1. The highest BCUT2D eigenvalue weighted by Gasteiger charge is 1.79. The van der Waals surface area contributed by atoms with Crippen LogP contribution in [-0.2, 0) is 14.7 Å². The quantitative estimate of drug-likeness (QED) is 0.371. The normalized spacial score (nSPS) is 10.3. The van der Waals surface area contributed by atoms with Crippen molar-refractivity contribution in [3.8, 4) is 0 Å². The first-order chi connectivity index (χ1) is 3.31. The summed E-state index contributed by atoms with van der Waals surface area (Å²) in [5.41, 5.74) is 0. The molecule has 5 heteroatoms. The molecule has 0 aromatic heterocycles. The first-order valence-electron chi connectivity index (χ1n) is 1.53. The van der Waals surface area contributed by atoms with Gasteiger partial charge >= 0.3 is 0 Å². The van der Waals surface area contributed by atoms with Gasteiger partial charge in [-0.15, -0.1) is 4.99 Å². The van der Waals surface area contributed by atoms with E-state index in [0.717, 1.165) is 7.11 Å². The van der Waals surface area contributed by atoms with E-state index in [4.69, 9.17) is 0 Å². The van der Waals surface area contributed by atoms with Crippen LogP contribution in [0.3, 0.4) is 0 Å². The zero-order valence-electron chi connectivity index (χ0n) is 4.08. The summed E-state index contributed by atoms with van der Waals surface area (Å²) in [6.45, 7) is 0. The Morgan fingerprint density at radius 2 is 2.00 bits per heavy atom. The molecule has 0 bridgehead atoms. The van der Waals surface area contributed by atoms with Crippen LogP contribution in [0, 0.1) is 5.21 Å². The van der Waals surface area contributed by atoms with Crippen LogP contribution in [0.4, 0.5) is 0 Å². The van der Waals surface area contributed by atoms with Gasteiger partial charge in [-0.05, 0) is 0 Å². The fraction of sp³-hybridized carbons (Fsp3) is 1.00. The van der Waals surface area contributed by atoms with Crippen LogP contribution in [0.2, 0.25) is 0 Å². The summed E-state index contributed by atoms with van der Waals surface area (Å²) in [5.74, 6) is 0. The lowest BCUT2D eigenvalue weighted by Crippen LogP contribution is -2.13. The van der Waals surface area contributed by atoms with Gasteiger partial charge in [0.15, 0.2) is 0 Å². The van der Waals surface area contributed by atoms with Crippen LogP contribution in [0.5, 0.6) is 0 Å². The molecule has 0 atom stereocenters. The van der Waals surface area contributed by atoms with E-state index in [1.807, 2.05) is 0 Å².